The van der Waals surface area contributed by atoms with Crippen LogP contribution in [0, 0.1) is 0 Å². The van der Waals surface area contributed by atoms with E-state index in [1.807, 2.05) is 31.2 Å². The van der Waals surface area contributed by atoms with Gasteiger partial charge in [0.25, 0.3) is 0 Å². The quantitative estimate of drug-likeness (QED) is 0.822. The molecule has 1 atom stereocenters. The first-order valence-electron chi connectivity index (χ1n) is 5.47. The van der Waals surface area contributed by atoms with Gasteiger partial charge >= 0.3 is 0 Å². The first-order chi connectivity index (χ1) is 7.71. The van der Waals surface area contributed by atoms with E-state index in [0.717, 1.165) is 16.3 Å². The molecule has 0 amide bonds. The third kappa shape index (κ3) is 1.68. The van der Waals surface area contributed by atoms with E-state index in [0.29, 0.717) is 6.42 Å². The number of rotatable bonds is 3. The molecule has 0 bridgehead atoms. The molecule has 1 unspecified atom stereocenters. The van der Waals surface area contributed by atoms with E-state index >= 15 is 0 Å². The Bertz CT molecular complexity index is 487. The lowest BCUT2D eigenvalue weighted by atomic mass is 9.88. The predicted molar refractivity (Wildman–Crippen MR) is 65.0 cm³/mol. The molecule has 3 heteroatoms. The molecule has 0 radical (unpaired) electrons. The molecule has 1 aromatic carbocycles. The molecule has 0 saturated heterocycles. The lowest BCUT2D eigenvalue weighted by molar-refractivity contribution is 0.0434. The maximum absolute atomic E-state index is 10.4. The van der Waals surface area contributed by atoms with E-state index in [9.17, 15) is 5.11 Å². The van der Waals surface area contributed by atoms with Crippen LogP contribution in [0.2, 0.25) is 0 Å². The fourth-order valence-corrected chi connectivity index (χ4v) is 1.96. The summed E-state index contributed by atoms with van der Waals surface area (Å²) in [7, 11) is 0. The van der Waals surface area contributed by atoms with E-state index in [1.165, 1.54) is 0 Å². The van der Waals surface area contributed by atoms with Crippen LogP contribution in [0.5, 0.6) is 0 Å². The van der Waals surface area contributed by atoms with Gasteiger partial charge in [-0.1, -0.05) is 25.1 Å². The first-order valence-corrected chi connectivity index (χ1v) is 5.47. The van der Waals surface area contributed by atoms with E-state index < -0.39 is 5.60 Å². The van der Waals surface area contributed by atoms with Crippen molar-refractivity contribution in [2.75, 3.05) is 6.54 Å². The third-order valence-corrected chi connectivity index (χ3v) is 3.11. The highest BCUT2D eigenvalue weighted by atomic mass is 16.3. The van der Waals surface area contributed by atoms with Gasteiger partial charge in [0.15, 0.2) is 0 Å². The molecule has 3 nitrogen and oxygen atoms in total. The minimum atomic E-state index is -0.956. The molecule has 2 aromatic rings. The fourth-order valence-electron chi connectivity index (χ4n) is 1.96. The number of fused-ring (bicyclic) bond motifs is 1. The zero-order valence-electron chi connectivity index (χ0n) is 9.35. The number of pyridine rings is 1. The molecule has 1 heterocycles. The Morgan fingerprint density at radius 2 is 2.19 bits per heavy atom. The molecule has 1 aromatic heterocycles. The number of nitrogens with zero attached hydrogens (tertiary/aromatic N) is 1. The maximum atomic E-state index is 10.4. The molecule has 0 spiro atoms. The van der Waals surface area contributed by atoms with E-state index in [1.54, 1.807) is 12.4 Å². The summed E-state index contributed by atoms with van der Waals surface area (Å²) in [6.45, 7) is 2.15. The molecule has 0 fully saturated rings. The smallest absolute Gasteiger partial charge is 0.102 e. The molecule has 0 aliphatic rings. The number of aliphatic hydroxyl groups is 1. The Labute approximate surface area is 94.9 Å². The van der Waals surface area contributed by atoms with E-state index in [4.69, 9.17) is 5.73 Å². The number of hydrogen-bond acceptors (Lipinski definition) is 3. The molecule has 3 N–H and O–H groups in total. The van der Waals surface area contributed by atoms with Gasteiger partial charge in [-0.2, -0.15) is 0 Å². The molecule has 0 aliphatic carbocycles. The molecular weight excluding hydrogens is 200 g/mol. The standard InChI is InChI=1S/C13H16N2O/c1-2-13(16,9-14)12-5-3-4-10-6-7-15-8-11(10)12/h3-8,16H,2,9,14H2,1H3. The van der Waals surface area contributed by atoms with Crippen LogP contribution in [-0.2, 0) is 5.60 Å². The minimum Gasteiger partial charge on any atom is -0.384 e. The van der Waals surface area contributed by atoms with Gasteiger partial charge in [-0.15, -0.1) is 0 Å². The highest BCUT2D eigenvalue weighted by molar-refractivity contribution is 5.85. The summed E-state index contributed by atoms with van der Waals surface area (Å²) >= 11 is 0. The Morgan fingerprint density at radius 1 is 1.38 bits per heavy atom. The summed E-state index contributed by atoms with van der Waals surface area (Å²) < 4.78 is 0. The van der Waals surface area contributed by atoms with Gasteiger partial charge in [0.05, 0.1) is 0 Å². The second-order valence-corrected chi connectivity index (χ2v) is 3.99. The van der Waals surface area contributed by atoms with E-state index in [2.05, 4.69) is 4.98 Å². The van der Waals surface area contributed by atoms with Crippen molar-refractivity contribution in [1.82, 2.24) is 4.98 Å². The van der Waals surface area contributed by atoms with Gasteiger partial charge in [0.1, 0.15) is 5.60 Å². The van der Waals surface area contributed by atoms with Crippen LogP contribution in [0.25, 0.3) is 10.8 Å². The van der Waals surface area contributed by atoms with Crippen LogP contribution in [0.4, 0.5) is 0 Å². The topological polar surface area (TPSA) is 59.1 Å². The molecular formula is C13H16N2O. The van der Waals surface area contributed by atoms with Crippen LogP contribution >= 0.6 is 0 Å². The maximum Gasteiger partial charge on any atom is 0.102 e. The van der Waals surface area contributed by atoms with Crippen molar-refractivity contribution < 1.29 is 5.11 Å². The summed E-state index contributed by atoms with van der Waals surface area (Å²) in [6.07, 6.45) is 4.12. The summed E-state index contributed by atoms with van der Waals surface area (Å²) in [5.41, 5.74) is 5.58. The molecule has 0 aliphatic heterocycles. The number of aromatic nitrogens is 1. The van der Waals surface area contributed by atoms with Crippen molar-refractivity contribution in [2.24, 2.45) is 5.73 Å². The second kappa shape index (κ2) is 4.20. The minimum absolute atomic E-state index is 0.220. The van der Waals surface area contributed by atoms with Crippen molar-refractivity contribution >= 4 is 10.8 Å². The largest absolute Gasteiger partial charge is 0.384 e. The van der Waals surface area contributed by atoms with E-state index in [-0.39, 0.29) is 6.54 Å². The number of benzene rings is 1. The second-order valence-electron chi connectivity index (χ2n) is 3.99. The highest BCUT2D eigenvalue weighted by Gasteiger charge is 2.26. The van der Waals surface area contributed by atoms with Crippen LogP contribution in [0.1, 0.15) is 18.9 Å². The number of nitrogens with two attached hydrogens (primary N) is 1. The SMILES string of the molecule is CCC(O)(CN)c1cccc2ccncc12. The molecule has 16 heavy (non-hydrogen) atoms. The molecule has 2 rings (SSSR count). The Hall–Kier alpha value is -1.45. The van der Waals surface area contributed by atoms with Gasteiger partial charge in [0.2, 0.25) is 0 Å². The number of hydrogen-bond donors (Lipinski definition) is 2. The summed E-state index contributed by atoms with van der Waals surface area (Å²) in [5, 5.41) is 12.5. The molecule has 0 saturated carbocycles. The zero-order valence-corrected chi connectivity index (χ0v) is 9.35. The van der Waals surface area contributed by atoms with Gasteiger partial charge < -0.3 is 10.8 Å². The van der Waals surface area contributed by atoms with Gasteiger partial charge in [0, 0.05) is 24.3 Å². The normalized spacial score (nSPS) is 14.9. The average molecular weight is 216 g/mol. The predicted octanol–water partition coefficient (Wildman–Crippen LogP) is 1.79. The van der Waals surface area contributed by atoms with Crippen molar-refractivity contribution in [2.45, 2.75) is 18.9 Å². The lowest BCUT2D eigenvalue weighted by Crippen LogP contribution is -2.34. The lowest BCUT2D eigenvalue weighted by Gasteiger charge is -2.26. The highest BCUT2D eigenvalue weighted by Crippen LogP contribution is 2.29. The van der Waals surface area contributed by atoms with Crippen LogP contribution in [0.15, 0.2) is 36.7 Å². The fraction of sp³-hybridized carbons (Fsp3) is 0.308. The average Bonchev–Trinajstić information content (AvgIpc) is 2.37. The Morgan fingerprint density at radius 3 is 2.88 bits per heavy atom. The van der Waals surface area contributed by atoms with Crippen LogP contribution < -0.4 is 5.73 Å². The third-order valence-electron chi connectivity index (χ3n) is 3.11. The van der Waals surface area contributed by atoms with Crippen molar-refractivity contribution in [1.29, 1.82) is 0 Å². The monoisotopic (exact) mass is 216 g/mol. The Kier molecular flexibility index (Phi) is 2.90. The summed E-state index contributed by atoms with van der Waals surface area (Å²) in [4.78, 5) is 4.10. The van der Waals surface area contributed by atoms with Crippen LogP contribution in [-0.4, -0.2) is 16.6 Å². The van der Waals surface area contributed by atoms with Crippen molar-refractivity contribution in [3.05, 3.63) is 42.2 Å². The summed E-state index contributed by atoms with van der Waals surface area (Å²) in [5.74, 6) is 0. The zero-order chi connectivity index (χ0) is 11.6. The van der Waals surface area contributed by atoms with Crippen molar-refractivity contribution in [3.63, 3.8) is 0 Å². The van der Waals surface area contributed by atoms with Crippen LogP contribution in [0.3, 0.4) is 0 Å². The summed E-state index contributed by atoms with van der Waals surface area (Å²) in [6, 6.07) is 7.80. The van der Waals surface area contributed by atoms with Gasteiger partial charge in [-0.25, -0.2) is 0 Å². The Balaban J connectivity index is 2.69. The molecule has 84 valence electrons. The first kappa shape index (κ1) is 11.0. The van der Waals surface area contributed by atoms with Crippen molar-refractivity contribution in [3.8, 4) is 0 Å². The van der Waals surface area contributed by atoms with Gasteiger partial charge in [-0.3, -0.25) is 4.98 Å². The van der Waals surface area contributed by atoms with Gasteiger partial charge in [-0.05, 0) is 23.4 Å².